The molecule has 128 valence electrons. The van der Waals surface area contributed by atoms with Crippen molar-refractivity contribution in [3.8, 4) is 11.5 Å². The molecule has 0 bridgehead atoms. The van der Waals surface area contributed by atoms with Gasteiger partial charge in [0.05, 0.1) is 6.20 Å². The van der Waals surface area contributed by atoms with Crippen LogP contribution in [0.1, 0.15) is 19.8 Å². The van der Waals surface area contributed by atoms with Gasteiger partial charge in [0.2, 0.25) is 5.95 Å². The number of nitrogens with one attached hydrogen (secondary N) is 2. The molecular weight excluding hydrogens is 314 g/mol. The second kappa shape index (κ2) is 8.63. The van der Waals surface area contributed by atoms with E-state index >= 15 is 0 Å². The number of anilines is 3. The molecule has 3 rings (SSSR count). The molecule has 0 aliphatic heterocycles. The Hall–Kier alpha value is -3.15. The van der Waals surface area contributed by atoms with Gasteiger partial charge >= 0.3 is 0 Å². The summed E-state index contributed by atoms with van der Waals surface area (Å²) in [6.45, 7) is 2.98. The van der Waals surface area contributed by atoms with Crippen LogP contribution in [-0.4, -0.2) is 21.7 Å². The Balaban J connectivity index is 1.60. The molecule has 0 aliphatic rings. The van der Waals surface area contributed by atoms with Crippen LogP contribution in [0, 0.1) is 0 Å². The van der Waals surface area contributed by atoms with Gasteiger partial charge in [-0.05, 0) is 42.8 Å². The molecule has 0 amide bonds. The lowest BCUT2D eigenvalue weighted by atomic mass is 10.3. The summed E-state index contributed by atoms with van der Waals surface area (Å²) < 4.78 is 5.78. The third-order valence-electron chi connectivity index (χ3n) is 3.48. The van der Waals surface area contributed by atoms with Gasteiger partial charge in [0.15, 0.2) is 5.82 Å². The molecule has 2 N–H and O–H groups in total. The summed E-state index contributed by atoms with van der Waals surface area (Å²) in [4.78, 5) is 4.40. The molecule has 6 heteroatoms. The van der Waals surface area contributed by atoms with Gasteiger partial charge in [-0.25, -0.2) is 0 Å². The van der Waals surface area contributed by atoms with Crippen molar-refractivity contribution in [2.24, 2.45) is 0 Å². The average Bonchev–Trinajstić information content (AvgIpc) is 2.65. The first-order valence-corrected chi connectivity index (χ1v) is 8.37. The van der Waals surface area contributed by atoms with Crippen LogP contribution >= 0.6 is 0 Å². The molecular formula is C19H21N5O. The van der Waals surface area contributed by atoms with E-state index in [9.17, 15) is 0 Å². The molecule has 0 saturated heterocycles. The van der Waals surface area contributed by atoms with Gasteiger partial charge in [-0.15, -0.1) is 5.10 Å². The lowest BCUT2D eigenvalue weighted by Crippen LogP contribution is -2.07. The van der Waals surface area contributed by atoms with E-state index < -0.39 is 0 Å². The molecule has 6 nitrogen and oxygen atoms in total. The van der Waals surface area contributed by atoms with E-state index in [1.807, 2.05) is 54.6 Å². The van der Waals surface area contributed by atoms with Gasteiger partial charge < -0.3 is 15.4 Å². The van der Waals surface area contributed by atoms with E-state index in [-0.39, 0.29) is 0 Å². The normalized spacial score (nSPS) is 10.3. The van der Waals surface area contributed by atoms with E-state index in [1.54, 1.807) is 6.20 Å². The van der Waals surface area contributed by atoms with Crippen LogP contribution in [0.3, 0.4) is 0 Å². The summed E-state index contributed by atoms with van der Waals surface area (Å²) in [5.41, 5.74) is 0.903. The highest BCUT2D eigenvalue weighted by Gasteiger charge is 2.02. The number of ether oxygens (including phenoxy) is 1. The molecule has 2 aromatic carbocycles. The van der Waals surface area contributed by atoms with Crippen molar-refractivity contribution in [2.75, 3.05) is 17.2 Å². The standard InChI is InChI=1S/C19H21N5O/c1-2-3-13-20-19-23-18(14-21-24-19)22-15-9-11-17(12-10-15)25-16-7-5-4-6-8-16/h4-12,14H,2-3,13H2,1H3,(H2,20,22,23,24). The molecule has 0 radical (unpaired) electrons. The second-order valence-electron chi connectivity index (χ2n) is 5.51. The molecule has 25 heavy (non-hydrogen) atoms. The van der Waals surface area contributed by atoms with Crippen LogP contribution in [-0.2, 0) is 0 Å². The monoisotopic (exact) mass is 335 g/mol. The first-order chi connectivity index (χ1) is 12.3. The van der Waals surface area contributed by atoms with Crippen LogP contribution < -0.4 is 15.4 Å². The number of aromatic nitrogens is 3. The zero-order chi connectivity index (χ0) is 17.3. The predicted molar refractivity (Wildman–Crippen MR) is 99.5 cm³/mol. The first kappa shape index (κ1) is 16.7. The third-order valence-corrected chi connectivity index (χ3v) is 3.48. The van der Waals surface area contributed by atoms with Crippen molar-refractivity contribution in [3.05, 3.63) is 60.8 Å². The van der Waals surface area contributed by atoms with Gasteiger partial charge in [-0.1, -0.05) is 31.5 Å². The lowest BCUT2D eigenvalue weighted by molar-refractivity contribution is 0.483. The van der Waals surface area contributed by atoms with Crippen molar-refractivity contribution in [2.45, 2.75) is 19.8 Å². The number of benzene rings is 2. The summed E-state index contributed by atoms with van der Waals surface area (Å²) >= 11 is 0. The molecule has 0 aliphatic carbocycles. The van der Waals surface area contributed by atoms with Gasteiger partial charge in [-0.3, -0.25) is 0 Å². The molecule has 0 fully saturated rings. The van der Waals surface area contributed by atoms with Crippen LogP contribution in [0.2, 0.25) is 0 Å². The highest BCUT2D eigenvalue weighted by molar-refractivity contribution is 5.57. The molecule has 1 aromatic heterocycles. The van der Waals surface area contributed by atoms with Crippen LogP contribution in [0.25, 0.3) is 0 Å². The molecule has 0 saturated carbocycles. The van der Waals surface area contributed by atoms with E-state index in [1.165, 1.54) is 0 Å². The summed E-state index contributed by atoms with van der Waals surface area (Å²) in [6.07, 6.45) is 3.79. The Morgan fingerprint density at radius 3 is 2.48 bits per heavy atom. The Kier molecular flexibility index (Phi) is 5.77. The largest absolute Gasteiger partial charge is 0.457 e. The maximum Gasteiger partial charge on any atom is 0.244 e. The Bertz CT molecular complexity index is 777. The first-order valence-electron chi connectivity index (χ1n) is 8.37. The van der Waals surface area contributed by atoms with Crippen LogP contribution in [0.4, 0.5) is 17.5 Å². The number of para-hydroxylation sites is 1. The topological polar surface area (TPSA) is 72.0 Å². The van der Waals surface area contributed by atoms with Crippen LogP contribution in [0.5, 0.6) is 11.5 Å². The Labute approximate surface area is 147 Å². The van der Waals surface area contributed by atoms with E-state index in [0.717, 1.165) is 36.6 Å². The highest BCUT2D eigenvalue weighted by atomic mass is 16.5. The highest BCUT2D eigenvalue weighted by Crippen LogP contribution is 2.23. The molecule has 0 unspecified atom stereocenters. The van der Waals surface area contributed by atoms with Crippen LogP contribution in [0.15, 0.2) is 60.8 Å². The fourth-order valence-corrected chi connectivity index (χ4v) is 2.19. The van der Waals surface area contributed by atoms with Gasteiger partial charge in [0.1, 0.15) is 11.5 Å². The van der Waals surface area contributed by atoms with Crippen molar-refractivity contribution in [3.63, 3.8) is 0 Å². The predicted octanol–water partition coefficient (Wildman–Crippen LogP) is 4.62. The molecule has 1 heterocycles. The SMILES string of the molecule is CCCCNc1nncc(Nc2ccc(Oc3ccccc3)cc2)n1. The maximum absolute atomic E-state index is 5.78. The van der Waals surface area contributed by atoms with Gasteiger partial charge in [0.25, 0.3) is 0 Å². The summed E-state index contributed by atoms with van der Waals surface area (Å²) in [7, 11) is 0. The van der Waals surface area contributed by atoms with Crippen molar-refractivity contribution < 1.29 is 4.74 Å². The van der Waals surface area contributed by atoms with E-state index in [0.29, 0.717) is 11.8 Å². The fraction of sp³-hybridized carbons (Fsp3) is 0.211. The average molecular weight is 335 g/mol. The number of rotatable bonds is 8. The molecule has 3 aromatic rings. The Morgan fingerprint density at radius 1 is 0.960 bits per heavy atom. The van der Waals surface area contributed by atoms with Gasteiger partial charge in [-0.2, -0.15) is 10.1 Å². The second-order valence-corrected chi connectivity index (χ2v) is 5.51. The maximum atomic E-state index is 5.78. The van der Waals surface area contributed by atoms with Crippen molar-refractivity contribution in [1.29, 1.82) is 0 Å². The summed E-state index contributed by atoms with van der Waals surface area (Å²) in [5, 5.41) is 14.3. The minimum Gasteiger partial charge on any atom is -0.457 e. The molecule has 0 atom stereocenters. The lowest BCUT2D eigenvalue weighted by Gasteiger charge is -2.09. The Morgan fingerprint density at radius 2 is 1.72 bits per heavy atom. The number of hydrogen-bond acceptors (Lipinski definition) is 6. The summed E-state index contributed by atoms with van der Waals surface area (Å²) in [5.74, 6) is 2.76. The van der Waals surface area contributed by atoms with Crippen molar-refractivity contribution in [1.82, 2.24) is 15.2 Å². The third kappa shape index (κ3) is 5.17. The minimum absolute atomic E-state index is 0.530. The van der Waals surface area contributed by atoms with E-state index in [2.05, 4.69) is 32.7 Å². The number of hydrogen-bond donors (Lipinski definition) is 2. The number of nitrogens with zero attached hydrogens (tertiary/aromatic N) is 3. The fourth-order valence-electron chi connectivity index (χ4n) is 2.19. The quantitative estimate of drug-likeness (QED) is 0.585. The zero-order valence-corrected chi connectivity index (χ0v) is 14.1. The van der Waals surface area contributed by atoms with Gasteiger partial charge in [0, 0.05) is 12.2 Å². The number of unbranched alkanes of at least 4 members (excludes halogenated alkanes) is 1. The van der Waals surface area contributed by atoms with Crippen molar-refractivity contribution >= 4 is 17.5 Å². The zero-order valence-electron chi connectivity index (χ0n) is 14.1. The molecule has 0 spiro atoms. The minimum atomic E-state index is 0.530. The summed E-state index contributed by atoms with van der Waals surface area (Å²) in [6, 6.07) is 17.4. The van der Waals surface area contributed by atoms with E-state index in [4.69, 9.17) is 4.74 Å². The smallest absolute Gasteiger partial charge is 0.244 e.